The molecule has 0 saturated heterocycles. The molecule has 1 amide bonds. The predicted octanol–water partition coefficient (Wildman–Crippen LogP) is 3.62. The number of nitrogens with one attached hydrogen (secondary N) is 1. The van der Waals surface area contributed by atoms with E-state index in [1.165, 1.54) is 34.8 Å². The molecule has 132 valence electrons. The zero-order valence-electron chi connectivity index (χ0n) is 14.4. The van der Waals surface area contributed by atoms with E-state index in [2.05, 4.69) is 15.3 Å². The minimum atomic E-state index is -0.372. The monoisotopic (exact) mass is 359 g/mol. The molecule has 0 unspecified atom stereocenters. The van der Waals surface area contributed by atoms with E-state index in [-0.39, 0.29) is 23.7 Å². The highest BCUT2D eigenvalue weighted by molar-refractivity contribution is 7.17. The fourth-order valence-electron chi connectivity index (χ4n) is 2.90. The standard InChI is InChI=1S/C18H21N3O3S/c1-11(2)24-18(23)15-12-6-4-3-5-7-14(12)25-17(15)21-16(22)13-10-19-8-9-20-13/h8-11H,3-7H2,1-2H3,(H,21,22). The smallest absolute Gasteiger partial charge is 0.341 e. The molecule has 0 bridgehead atoms. The number of aryl methyl sites for hydroxylation is 1. The van der Waals surface area contributed by atoms with Gasteiger partial charge < -0.3 is 10.1 Å². The third kappa shape index (κ3) is 4.04. The maximum atomic E-state index is 12.6. The number of ether oxygens (including phenoxy) is 1. The third-order valence-electron chi connectivity index (χ3n) is 3.99. The number of carbonyl (C=O) groups is 2. The lowest BCUT2D eigenvalue weighted by molar-refractivity contribution is 0.0378. The Labute approximate surface area is 150 Å². The quantitative estimate of drug-likeness (QED) is 0.666. The van der Waals surface area contributed by atoms with E-state index in [4.69, 9.17) is 4.74 Å². The van der Waals surface area contributed by atoms with Crippen LogP contribution in [0.2, 0.25) is 0 Å². The second kappa shape index (κ2) is 7.74. The van der Waals surface area contributed by atoms with Crippen LogP contribution >= 0.6 is 11.3 Å². The molecule has 0 atom stereocenters. The lowest BCUT2D eigenvalue weighted by Gasteiger charge is -2.11. The molecule has 2 aromatic rings. The van der Waals surface area contributed by atoms with Crippen molar-refractivity contribution in [2.75, 3.05) is 5.32 Å². The van der Waals surface area contributed by atoms with E-state index in [9.17, 15) is 9.59 Å². The number of amides is 1. The summed E-state index contributed by atoms with van der Waals surface area (Å²) in [4.78, 5) is 34.2. The molecular weight excluding hydrogens is 338 g/mol. The van der Waals surface area contributed by atoms with Crippen LogP contribution in [0.4, 0.5) is 5.00 Å². The van der Waals surface area contributed by atoms with Gasteiger partial charge >= 0.3 is 5.97 Å². The first-order valence-corrected chi connectivity index (χ1v) is 9.30. The maximum Gasteiger partial charge on any atom is 0.341 e. The Morgan fingerprint density at radius 3 is 2.72 bits per heavy atom. The van der Waals surface area contributed by atoms with Gasteiger partial charge in [0.25, 0.3) is 5.91 Å². The number of fused-ring (bicyclic) bond motifs is 1. The average Bonchev–Trinajstić information content (AvgIpc) is 2.76. The molecule has 0 fully saturated rings. The Morgan fingerprint density at radius 2 is 2.00 bits per heavy atom. The van der Waals surface area contributed by atoms with Crippen molar-refractivity contribution < 1.29 is 14.3 Å². The van der Waals surface area contributed by atoms with Crippen molar-refractivity contribution in [2.24, 2.45) is 0 Å². The first kappa shape index (κ1) is 17.5. The van der Waals surface area contributed by atoms with Crippen molar-refractivity contribution in [1.29, 1.82) is 0 Å². The van der Waals surface area contributed by atoms with Crippen LogP contribution in [0.1, 0.15) is 64.4 Å². The molecule has 7 heteroatoms. The van der Waals surface area contributed by atoms with Crippen LogP contribution in [0.5, 0.6) is 0 Å². The van der Waals surface area contributed by atoms with Gasteiger partial charge in [0.2, 0.25) is 0 Å². The van der Waals surface area contributed by atoms with Crippen molar-refractivity contribution in [3.8, 4) is 0 Å². The summed E-state index contributed by atoms with van der Waals surface area (Å²) in [5.74, 6) is -0.744. The molecule has 1 N–H and O–H groups in total. The summed E-state index contributed by atoms with van der Waals surface area (Å²) in [5.41, 5.74) is 1.75. The lowest BCUT2D eigenvalue weighted by Crippen LogP contribution is -2.18. The number of anilines is 1. The van der Waals surface area contributed by atoms with Crippen molar-refractivity contribution in [3.63, 3.8) is 0 Å². The van der Waals surface area contributed by atoms with Gasteiger partial charge in [-0.2, -0.15) is 0 Å². The Kier molecular flexibility index (Phi) is 5.43. The molecule has 0 aliphatic heterocycles. The van der Waals surface area contributed by atoms with E-state index in [0.717, 1.165) is 37.7 Å². The fourth-order valence-corrected chi connectivity index (χ4v) is 4.18. The lowest BCUT2D eigenvalue weighted by atomic mass is 10.1. The summed E-state index contributed by atoms with van der Waals surface area (Å²) >= 11 is 1.47. The van der Waals surface area contributed by atoms with Gasteiger partial charge in [0.1, 0.15) is 10.7 Å². The Balaban J connectivity index is 1.94. The molecule has 1 aliphatic rings. The number of carbonyl (C=O) groups excluding carboxylic acids is 2. The third-order valence-corrected chi connectivity index (χ3v) is 5.20. The molecule has 25 heavy (non-hydrogen) atoms. The predicted molar refractivity (Wildman–Crippen MR) is 96.1 cm³/mol. The second-order valence-corrected chi connectivity index (χ2v) is 7.37. The number of nitrogens with zero attached hydrogens (tertiary/aromatic N) is 2. The first-order chi connectivity index (χ1) is 12.1. The van der Waals surface area contributed by atoms with E-state index in [0.29, 0.717) is 10.6 Å². The van der Waals surface area contributed by atoms with Crippen LogP contribution in [0, 0.1) is 0 Å². The highest BCUT2D eigenvalue weighted by Gasteiger charge is 2.27. The zero-order valence-corrected chi connectivity index (χ0v) is 15.2. The second-order valence-electron chi connectivity index (χ2n) is 6.27. The number of thiophene rings is 1. The summed E-state index contributed by atoms with van der Waals surface area (Å²) in [6.45, 7) is 3.64. The first-order valence-electron chi connectivity index (χ1n) is 8.49. The fraction of sp³-hybridized carbons (Fsp3) is 0.444. The average molecular weight is 359 g/mol. The molecule has 0 aromatic carbocycles. The SMILES string of the molecule is CC(C)OC(=O)c1c(NC(=O)c2cnccn2)sc2c1CCCCC2. The molecular formula is C18H21N3O3S. The van der Waals surface area contributed by atoms with Crippen molar-refractivity contribution in [1.82, 2.24) is 9.97 Å². The molecule has 6 nitrogen and oxygen atoms in total. The minimum absolute atomic E-state index is 0.211. The van der Waals surface area contributed by atoms with E-state index in [1.54, 1.807) is 0 Å². The highest BCUT2D eigenvalue weighted by Crippen LogP contribution is 2.38. The number of rotatable bonds is 4. The largest absolute Gasteiger partial charge is 0.459 e. The molecule has 3 rings (SSSR count). The number of hydrogen-bond acceptors (Lipinski definition) is 6. The van der Waals surface area contributed by atoms with E-state index in [1.807, 2.05) is 13.8 Å². The van der Waals surface area contributed by atoms with Crippen LogP contribution in [0.15, 0.2) is 18.6 Å². The van der Waals surface area contributed by atoms with Gasteiger partial charge in [-0.1, -0.05) is 6.42 Å². The highest BCUT2D eigenvalue weighted by atomic mass is 32.1. The topological polar surface area (TPSA) is 81.2 Å². The van der Waals surface area contributed by atoms with Crippen LogP contribution in [-0.4, -0.2) is 27.9 Å². The van der Waals surface area contributed by atoms with E-state index >= 15 is 0 Å². The van der Waals surface area contributed by atoms with Crippen LogP contribution in [-0.2, 0) is 17.6 Å². The maximum absolute atomic E-state index is 12.6. The minimum Gasteiger partial charge on any atom is -0.459 e. The van der Waals surface area contributed by atoms with Crippen molar-refractivity contribution in [2.45, 2.75) is 52.1 Å². The normalized spacial score (nSPS) is 13.9. The van der Waals surface area contributed by atoms with Gasteiger partial charge in [0.05, 0.1) is 17.9 Å². The van der Waals surface area contributed by atoms with Gasteiger partial charge in [-0.25, -0.2) is 9.78 Å². The van der Waals surface area contributed by atoms with Crippen molar-refractivity contribution in [3.05, 3.63) is 40.3 Å². The zero-order chi connectivity index (χ0) is 17.8. The summed E-state index contributed by atoms with van der Waals surface area (Å²) in [6, 6.07) is 0. The summed E-state index contributed by atoms with van der Waals surface area (Å²) < 4.78 is 5.42. The molecule has 0 spiro atoms. The Hall–Kier alpha value is -2.28. The molecule has 2 aromatic heterocycles. The van der Waals surface area contributed by atoms with Crippen LogP contribution in [0.25, 0.3) is 0 Å². The van der Waals surface area contributed by atoms with Crippen LogP contribution < -0.4 is 5.32 Å². The summed E-state index contributed by atoms with van der Waals surface area (Å²) in [7, 11) is 0. The number of hydrogen-bond donors (Lipinski definition) is 1. The van der Waals surface area contributed by atoms with E-state index < -0.39 is 0 Å². The number of aromatic nitrogens is 2. The van der Waals surface area contributed by atoms with Gasteiger partial charge in [-0.15, -0.1) is 11.3 Å². The molecule has 1 aliphatic carbocycles. The van der Waals surface area contributed by atoms with Gasteiger partial charge in [-0.3, -0.25) is 9.78 Å². The number of esters is 1. The van der Waals surface area contributed by atoms with Gasteiger partial charge in [0.15, 0.2) is 0 Å². The molecule has 2 heterocycles. The molecule has 0 saturated carbocycles. The van der Waals surface area contributed by atoms with Crippen LogP contribution in [0.3, 0.4) is 0 Å². The summed E-state index contributed by atoms with van der Waals surface area (Å²) in [5, 5.41) is 3.38. The summed E-state index contributed by atoms with van der Waals surface area (Å²) in [6.07, 6.45) is 9.24. The Morgan fingerprint density at radius 1 is 1.20 bits per heavy atom. The van der Waals surface area contributed by atoms with Gasteiger partial charge in [0, 0.05) is 17.3 Å². The Bertz CT molecular complexity index is 771. The van der Waals surface area contributed by atoms with Crippen molar-refractivity contribution >= 4 is 28.2 Å². The molecule has 0 radical (unpaired) electrons. The van der Waals surface area contributed by atoms with Gasteiger partial charge in [-0.05, 0) is 45.1 Å².